The molecule has 1 fully saturated rings. The van der Waals surface area contributed by atoms with Crippen LogP contribution in [0, 0.1) is 6.92 Å². The van der Waals surface area contributed by atoms with Crippen molar-refractivity contribution >= 4 is 5.90 Å². The predicted molar refractivity (Wildman–Crippen MR) is 126 cm³/mol. The first kappa shape index (κ1) is 22.8. The Hall–Kier alpha value is -2.34. The van der Waals surface area contributed by atoms with Gasteiger partial charge in [-0.2, -0.15) is 0 Å². The Bertz CT molecular complexity index is 854. The highest BCUT2D eigenvalue weighted by molar-refractivity contribution is 5.94. The predicted octanol–water partition coefficient (Wildman–Crippen LogP) is 5.32. The molecule has 1 aromatic carbocycles. The number of ether oxygens (including phenoxy) is 2. The normalized spacial score (nSPS) is 16.7. The van der Waals surface area contributed by atoms with E-state index in [1.165, 1.54) is 57.2 Å². The van der Waals surface area contributed by atoms with Crippen molar-refractivity contribution < 1.29 is 14.0 Å². The van der Waals surface area contributed by atoms with Gasteiger partial charge in [0.15, 0.2) is 0 Å². The number of nitrogens with zero attached hydrogens (tertiary/aromatic N) is 3. The van der Waals surface area contributed by atoms with Crippen LogP contribution in [0.15, 0.2) is 33.8 Å². The lowest BCUT2D eigenvalue weighted by Crippen LogP contribution is -2.29. The van der Waals surface area contributed by atoms with Gasteiger partial charge in [-0.05, 0) is 70.0 Å². The smallest absolute Gasteiger partial charge is 0.216 e. The zero-order chi connectivity index (χ0) is 22.0. The van der Waals surface area contributed by atoms with E-state index in [1.807, 2.05) is 24.3 Å². The fourth-order valence-corrected chi connectivity index (χ4v) is 4.49. The average Bonchev–Trinajstić information content (AvgIpc) is 3.48. The van der Waals surface area contributed by atoms with Crippen LogP contribution in [0.3, 0.4) is 0 Å². The van der Waals surface area contributed by atoms with Gasteiger partial charge in [0.1, 0.15) is 18.1 Å². The molecular weight excluding hydrogens is 402 g/mol. The molecule has 0 unspecified atom stereocenters. The maximum absolute atomic E-state index is 5.88. The monoisotopic (exact) mass is 439 g/mol. The largest absolute Gasteiger partial charge is 0.494 e. The maximum atomic E-state index is 5.88. The molecule has 0 radical (unpaired) electrons. The second-order valence-corrected chi connectivity index (χ2v) is 8.93. The lowest BCUT2D eigenvalue weighted by atomic mass is 10.0. The molecule has 174 valence electrons. The lowest BCUT2D eigenvalue weighted by Gasteiger charge is -2.26. The van der Waals surface area contributed by atoms with Gasteiger partial charge < -0.3 is 14.0 Å². The van der Waals surface area contributed by atoms with Crippen molar-refractivity contribution in [2.75, 3.05) is 32.8 Å². The first-order chi connectivity index (χ1) is 15.8. The van der Waals surface area contributed by atoms with Crippen molar-refractivity contribution in [2.24, 2.45) is 4.99 Å². The number of aromatic nitrogens is 1. The number of piperidine rings is 1. The Morgan fingerprint density at radius 2 is 1.75 bits per heavy atom. The number of hydrogen-bond donors (Lipinski definition) is 0. The summed E-state index contributed by atoms with van der Waals surface area (Å²) in [6, 6.07) is 8.04. The third-order valence-corrected chi connectivity index (χ3v) is 6.40. The molecule has 32 heavy (non-hydrogen) atoms. The lowest BCUT2D eigenvalue weighted by molar-refractivity contribution is 0.219. The SMILES string of the molecule is Cc1noc(CCCCCCCOc2ccc(C3=NCCO3)cc2)c1CN1CCCCC1. The fourth-order valence-electron chi connectivity index (χ4n) is 4.49. The molecule has 2 aliphatic rings. The van der Waals surface area contributed by atoms with Crippen LogP contribution in [0.1, 0.15) is 73.9 Å². The maximum Gasteiger partial charge on any atom is 0.216 e. The Balaban J connectivity index is 1.08. The van der Waals surface area contributed by atoms with Gasteiger partial charge in [-0.1, -0.05) is 30.8 Å². The van der Waals surface area contributed by atoms with E-state index in [0.717, 1.165) is 67.6 Å². The summed E-state index contributed by atoms with van der Waals surface area (Å²) < 4.78 is 17.0. The first-order valence-electron chi connectivity index (χ1n) is 12.4. The third-order valence-electron chi connectivity index (χ3n) is 6.40. The molecule has 0 atom stereocenters. The zero-order valence-corrected chi connectivity index (χ0v) is 19.5. The second-order valence-electron chi connectivity index (χ2n) is 8.93. The van der Waals surface area contributed by atoms with Crippen molar-refractivity contribution in [3.05, 3.63) is 46.8 Å². The number of unbranched alkanes of at least 4 members (excludes halogenated alkanes) is 4. The van der Waals surface area contributed by atoms with Crippen LogP contribution in [0.5, 0.6) is 5.75 Å². The van der Waals surface area contributed by atoms with E-state index < -0.39 is 0 Å². The summed E-state index contributed by atoms with van der Waals surface area (Å²) in [6.45, 7) is 7.70. The van der Waals surface area contributed by atoms with Crippen LogP contribution in [0.2, 0.25) is 0 Å². The number of aryl methyl sites for hydroxylation is 2. The highest BCUT2D eigenvalue weighted by atomic mass is 16.5. The molecule has 0 bridgehead atoms. The van der Waals surface area contributed by atoms with Crippen LogP contribution in [0.4, 0.5) is 0 Å². The van der Waals surface area contributed by atoms with Gasteiger partial charge in [-0.3, -0.25) is 4.90 Å². The van der Waals surface area contributed by atoms with Crippen molar-refractivity contribution in [1.82, 2.24) is 10.1 Å². The minimum absolute atomic E-state index is 0.686. The topological polar surface area (TPSA) is 60.1 Å². The molecule has 0 saturated carbocycles. The first-order valence-corrected chi connectivity index (χ1v) is 12.4. The number of benzene rings is 1. The average molecular weight is 440 g/mol. The highest BCUT2D eigenvalue weighted by Gasteiger charge is 2.18. The number of likely N-dealkylation sites (tertiary alicyclic amines) is 1. The van der Waals surface area contributed by atoms with Gasteiger partial charge >= 0.3 is 0 Å². The molecule has 1 saturated heterocycles. The molecule has 6 heteroatoms. The van der Waals surface area contributed by atoms with Gasteiger partial charge in [0.2, 0.25) is 5.90 Å². The summed E-state index contributed by atoms with van der Waals surface area (Å²) in [7, 11) is 0. The van der Waals surface area contributed by atoms with Crippen LogP contribution in [-0.2, 0) is 17.7 Å². The molecule has 3 heterocycles. The van der Waals surface area contributed by atoms with Gasteiger partial charge in [-0.25, -0.2) is 4.99 Å². The molecule has 4 rings (SSSR count). The van der Waals surface area contributed by atoms with Gasteiger partial charge in [0.25, 0.3) is 0 Å². The molecule has 1 aromatic heterocycles. The summed E-state index contributed by atoms with van der Waals surface area (Å²) in [5.74, 6) is 2.76. The molecular formula is C26H37N3O3. The summed E-state index contributed by atoms with van der Waals surface area (Å²) in [6.07, 6.45) is 10.9. The van der Waals surface area contributed by atoms with E-state index in [1.54, 1.807) is 0 Å². The number of hydrogen-bond acceptors (Lipinski definition) is 6. The van der Waals surface area contributed by atoms with Crippen molar-refractivity contribution in [3.63, 3.8) is 0 Å². The zero-order valence-electron chi connectivity index (χ0n) is 19.5. The van der Waals surface area contributed by atoms with Crippen LogP contribution >= 0.6 is 0 Å². The second kappa shape index (κ2) is 12.0. The quantitative estimate of drug-likeness (QED) is 0.419. The van der Waals surface area contributed by atoms with Crippen LogP contribution < -0.4 is 4.74 Å². The van der Waals surface area contributed by atoms with Gasteiger partial charge in [0, 0.05) is 24.1 Å². The Kier molecular flexibility index (Phi) is 8.60. The summed E-state index contributed by atoms with van der Waals surface area (Å²) in [5, 5.41) is 4.25. The van der Waals surface area contributed by atoms with Gasteiger partial charge in [-0.15, -0.1) is 0 Å². The molecule has 0 aliphatic carbocycles. The van der Waals surface area contributed by atoms with E-state index >= 15 is 0 Å². The minimum atomic E-state index is 0.686. The molecule has 0 amide bonds. The Labute approximate surface area is 192 Å². The van der Waals surface area contributed by atoms with Gasteiger partial charge in [0.05, 0.1) is 18.8 Å². The standard InChI is InChI=1S/C26H37N3O3/c1-21-24(20-29-16-7-5-8-17-29)25(32-28-21)10-6-3-2-4-9-18-30-23-13-11-22(12-14-23)26-27-15-19-31-26/h11-14H,2-10,15-20H2,1H3. The summed E-state index contributed by atoms with van der Waals surface area (Å²) >= 11 is 0. The van der Waals surface area contributed by atoms with E-state index in [0.29, 0.717) is 6.61 Å². The van der Waals surface area contributed by atoms with E-state index in [2.05, 4.69) is 22.0 Å². The molecule has 2 aromatic rings. The van der Waals surface area contributed by atoms with Crippen LogP contribution in [0.25, 0.3) is 0 Å². The Morgan fingerprint density at radius 3 is 2.53 bits per heavy atom. The Morgan fingerprint density at radius 1 is 0.969 bits per heavy atom. The number of aliphatic imine (C=N–C) groups is 1. The summed E-state index contributed by atoms with van der Waals surface area (Å²) in [4.78, 5) is 6.89. The molecule has 0 spiro atoms. The van der Waals surface area contributed by atoms with E-state index in [9.17, 15) is 0 Å². The van der Waals surface area contributed by atoms with E-state index in [4.69, 9.17) is 14.0 Å². The molecule has 0 N–H and O–H groups in total. The third kappa shape index (κ3) is 6.58. The fraction of sp³-hybridized carbons (Fsp3) is 0.615. The molecule has 6 nitrogen and oxygen atoms in total. The number of rotatable bonds is 12. The minimum Gasteiger partial charge on any atom is -0.494 e. The van der Waals surface area contributed by atoms with E-state index in [-0.39, 0.29) is 0 Å². The highest BCUT2D eigenvalue weighted by Crippen LogP contribution is 2.21. The van der Waals surface area contributed by atoms with Crippen molar-refractivity contribution in [2.45, 2.75) is 71.3 Å². The van der Waals surface area contributed by atoms with Crippen molar-refractivity contribution in [3.8, 4) is 5.75 Å². The molecule has 2 aliphatic heterocycles. The summed E-state index contributed by atoms with van der Waals surface area (Å²) in [5.41, 5.74) is 3.42. The van der Waals surface area contributed by atoms with Crippen molar-refractivity contribution in [1.29, 1.82) is 0 Å². The van der Waals surface area contributed by atoms with Crippen LogP contribution in [-0.4, -0.2) is 48.8 Å².